The first-order chi connectivity index (χ1) is 16.4. The molecule has 34 heavy (non-hydrogen) atoms. The van der Waals surface area contributed by atoms with Gasteiger partial charge >= 0.3 is 5.97 Å². The van der Waals surface area contributed by atoms with Gasteiger partial charge in [0.15, 0.2) is 6.10 Å². The van der Waals surface area contributed by atoms with Crippen LogP contribution in [0.2, 0.25) is 0 Å². The lowest BCUT2D eigenvalue weighted by atomic mass is 9.73. The zero-order chi connectivity index (χ0) is 24.1. The van der Waals surface area contributed by atoms with Crippen LogP contribution in [0.15, 0.2) is 18.5 Å². The molecule has 0 bridgehead atoms. The second-order valence-electron chi connectivity index (χ2n) is 10.2. The minimum absolute atomic E-state index is 0.111. The van der Waals surface area contributed by atoms with Gasteiger partial charge in [-0.15, -0.1) is 0 Å². The van der Waals surface area contributed by atoms with Crippen LogP contribution in [0.1, 0.15) is 58.8 Å². The van der Waals surface area contributed by atoms with E-state index in [0.717, 1.165) is 77.2 Å². The van der Waals surface area contributed by atoms with Gasteiger partial charge in [0.2, 0.25) is 11.9 Å². The fourth-order valence-electron chi connectivity index (χ4n) is 5.43. The second-order valence-corrected chi connectivity index (χ2v) is 10.2. The first-order valence-corrected chi connectivity index (χ1v) is 12.7. The average Bonchev–Trinajstić information content (AvgIpc) is 3.30. The largest absolute Gasteiger partial charge is 0.451 e. The highest BCUT2D eigenvalue weighted by Gasteiger charge is 2.55. The van der Waals surface area contributed by atoms with E-state index in [2.05, 4.69) is 19.8 Å². The maximum atomic E-state index is 13.3. The highest BCUT2D eigenvalue weighted by atomic mass is 16.6. The molecule has 1 aromatic rings. The molecule has 9 nitrogen and oxygen atoms in total. The molecule has 1 unspecified atom stereocenters. The molecule has 0 radical (unpaired) electrons. The Bertz CT molecular complexity index is 863. The highest BCUT2D eigenvalue weighted by Crippen LogP contribution is 2.48. The summed E-state index contributed by atoms with van der Waals surface area (Å²) in [5.41, 5.74) is -0.503. The molecule has 0 N–H and O–H groups in total. The number of aromatic nitrogens is 2. The molecule has 2 saturated heterocycles. The van der Waals surface area contributed by atoms with Crippen LogP contribution in [0.5, 0.6) is 0 Å². The lowest BCUT2D eigenvalue weighted by Crippen LogP contribution is -2.58. The molecule has 4 rings (SSSR count). The number of piperazine rings is 1. The number of rotatable bonds is 8. The van der Waals surface area contributed by atoms with Crippen molar-refractivity contribution in [2.45, 2.75) is 64.9 Å². The van der Waals surface area contributed by atoms with Gasteiger partial charge in [-0.05, 0) is 38.3 Å². The number of unbranched alkanes of at least 4 members (excludes halogenated alkanes) is 1. The molecule has 3 fully saturated rings. The molecule has 0 aromatic carbocycles. The van der Waals surface area contributed by atoms with Crippen molar-refractivity contribution >= 4 is 23.7 Å². The second kappa shape index (κ2) is 10.8. The van der Waals surface area contributed by atoms with Gasteiger partial charge in [-0.3, -0.25) is 24.2 Å². The van der Waals surface area contributed by atoms with Crippen LogP contribution in [0.3, 0.4) is 0 Å². The standard InChI is InChI=1S/C25H37N5O4/c1-19(2)23(33)34-21-22(32)30(20(31)18-25(21)8-3-4-9-25)13-6-5-12-28-14-16-29(17-15-28)24-26-10-7-11-27-24/h7,10-11,19,21H,3-6,8-9,12-18H2,1-2H3. The van der Waals surface area contributed by atoms with E-state index < -0.39 is 11.5 Å². The number of hydrogen-bond donors (Lipinski definition) is 0. The molecule has 186 valence electrons. The number of piperidine rings is 1. The summed E-state index contributed by atoms with van der Waals surface area (Å²) in [6.45, 7) is 8.51. The van der Waals surface area contributed by atoms with Crippen LogP contribution in [0, 0.1) is 11.3 Å². The monoisotopic (exact) mass is 471 g/mol. The predicted molar refractivity (Wildman–Crippen MR) is 127 cm³/mol. The number of imide groups is 1. The van der Waals surface area contributed by atoms with Crippen molar-refractivity contribution in [2.75, 3.05) is 44.2 Å². The number of amides is 2. The van der Waals surface area contributed by atoms with Crippen LogP contribution >= 0.6 is 0 Å². The molecule has 2 aliphatic heterocycles. The van der Waals surface area contributed by atoms with Crippen LogP contribution in [-0.4, -0.2) is 82.9 Å². The Morgan fingerprint density at radius 3 is 2.35 bits per heavy atom. The third kappa shape index (κ3) is 5.40. The van der Waals surface area contributed by atoms with E-state index in [0.29, 0.717) is 13.0 Å². The molecule has 1 spiro atoms. The van der Waals surface area contributed by atoms with Crippen LogP contribution in [-0.2, 0) is 19.1 Å². The van der Waals surface area contributed by atoms with E-state index in [1.165, 1.54) is 4.90 Å². The number of esters is 1. The number of carbonyl (C=O) groups is 3. The minimum atomic E-state index is -0.823. The fourth-order valence-corrected chi connectivity index (χ4v) is 5.43. The van der Waals surface area contributed by atoms with Crippen molar-refractivity contribution in [3.05, 3.63) is 18.5 Å². The van der Waals surface area contributed by atoms with Gasteiger partial charge in [-0.2, -0.15) is 0 Å². The van der Waals surface area contributed by atoms with E-state index in [1.54, 1.807) is 26.2 Å². The van der Waals surface area contributed by atoms with Crippen molar-refractivity contribution in [1.82, 2.24) is 19.8 Å². The molecule has 1 atom stereocenters. The molecule has 1 saturated carbocycles. The number of likely N-dealkylation sites (tertiary alicyclic amines) is 1. The van der Waals surface area contributed by atoms with E-state index >= 15 is 0 Å². The van der Waals surface area contributed by atoms with Gasteiger partial charge < -0.3 is 9.64 Å². The predicted octanol–water partition coefficient (Wildman–Crippen LogP) is 2.27. The van der Waals surface area contributed by atoms with Gasteiger partial charge in [0.05, 0.1) is 5.92 Å². The third-order valence-corrected chi connectivity index (χ3v) is 7.47. The van der Waals surface area contributed by atoms with E-state index in [9.17, 15) is 14.4 Å². The molecule has 1 aromatic heterocycles. The average molecular weight is 472 g/mol. The first-order valence-electron chi connectivity index (χ1n) is 12.7. The van der Waals surface area contributed by atoms with Gasteiger partial charge in [0, 0.05) is 57.0 Å². The fraction of sp³-hybridized carbons (Fsp3) is 0.720. The number of nitrogens with zero attached hydrogens (tertiary/aromatic N) is 5. The molecular formula is C25H37N5O4. The SMILES string of the molecule is CC(C)C(=O)OC1C(=O)N(CCCCN2CCN(c3ncccn3)CC2)C(=O)CC12CCCC2. The van der Waals surface area contributed by atoms with Crippen LogP contribution in [0.25, 0.3) is 0 Å². The Morgan fingerprint density at radius 2 is 1.71 bits per heavy atom. The van der Waals surface area contributed by atoms with Crippen LogP contribution in [0.4, 0.5) is 5.95 Å². The lowest BCUT2D eigenvalue weighted by Gasteiger charge is -2.43. The first kappa shape index (κ1) is 24.6. The third-order valence-electron chi connectivity index (χ3n) is 7.47. The maximum Gasteiger partial charge on any atom is 0.309 e. The van der Waals surface area contributed by atoms with Crippen molar-refractivity contribution in [3.63, 3.8) is 0 Å². The lowest BCUT2D eigenvalue weighted by molar-refractivity contribution is -0.182. The summed E-state index contributed by atoms with van der Waals surface area (Å²) < 4.78 is 5.72. The van der Waals surface area contributed by atoms with Crippen molar-refractivity contribution in [1.29, 1.82) is 0 Å². The minimum Gasteiger partial charge on any atom is -0.451 e. The van der Waals surface area contributed by atoms with Crippen molar-refractivity contribution in [2.24, 2.45) is 11.3 Å². The Labute approximate surface area is 201 Å². The zero-order valence-electron chi connectivity index (χ0n) is 20.4. The van der Waals surface area contributed by atoms with Crippen molar-refractivity contribution < 1.29 is 19.1 Å². The van der Waals surface area contributed by atoms with Gasteiger partial charge in [0.1, 0.15) is 0 Å². The maximum absolute atomic E-state index is 13.3. The normalized spacial score (nSPS) is 23.2. The van der Waals surface area contributed by atoms with E-state index in [-0.39, 0.29) is 23.7 Å². The smallest absolute Gasteiger partial charge is 0.309 e. The number of carbonyl (C=O) groups excluding carboxylic acids is 3. The quantitative estimate of drug-likeness (QED) is 0.324. The van der Waals surface area contributed by atoms with E-state index in [4.69, 9.17) is 4.74 Å². The summed E-state index contributed by atoms with van der Waals surface area (Å²) in [5.74, 6) is -0.314. The molecule has 1 aliphatic carbocycles. The van der Waals surface area contributed by atoms with Gasteiger partial charge in [-0.25, -0.2) is 9.97 Å². The summed E-state index contributed by atoms with van der Waals surface area (Å²) in [6.07, 6.45) is 8.15. The Hall–Kier alpha value is -2.55. The topological polar surface area (TPSA) is 95.9 Å². The van der Waals surface area contributed by atoms with E-state index in [1.807, 2.05) is 6.07 Å². The number of hydrogen-bond acceptors (Lipinski definition) is 8. The van der Waals surface area contributed by atoms with Crippen LogP contribution < -0.4 is 4.90 Å². The highest BCUT2D eigenvalue weighted by molar-refractivity contribution is 6.01. The Kier molecular flexibility index (Phi) is 7.80. The molecule has 3 heterocycles. The van der Waals surface area contributed by atoms with Gasteiger partial charge in [0.25, 0.3) is 5.91 Å². The summed E-state index contributed by atoms with van der Waals surface area (Å²) in [5, 5.41) is 0. The summed E-state index contributed by atoms with van der Waals surface area (Å²) in [7, 11) is 0. The molecular weight excluding hydrogens is 434 g/mol. The summed E-state index contributed by atoms with van der Waals surface area (Å²) in [6, 6.07) is 1.82. The van der Waals surface area contributed by atoms with Crippen molar-refractivity contribution in [3.8, 4) is 0 Å². The molecule has 2 amide bonds. The zero-order valence-corrected chi connectivity index (χ0v) is 20.4. The molecule has 9 heteroatoms. The Balaban J connectivity index is 1.26. The summed E-state index contributed by atoms with van der Waals surface area (Å²) in [4.78, 5) is 53.2. The number of ether oxygens (including phenoxy) is 1. The number of anilines is 1. The van der Waals surface area contributed by atoms with Gasteiger partial charge in [-0.1, -0.05) is 26.7 Å². The Morgan fingerprint density at radius 1 is 1.06 bits per heavy atom. The molecule has 3 aliphatic rings. The summed E-state index contributed by atoms with van der Waals surface area (Å²) >= 11 is 0.